The number of ether oxygens (including phenoxy) is 2. The molecule has 0 bridgehead atoms. The van der Waals surface area contributed by atoms with Gasteiger partial charge in [-0.2, -0.15) is 10.2 Å². The summed E-state index contributed by atoms with van der Waals surface area (Å²) in [6.07, 6.45) is 0.181. The first kappa shape index (κ1) is 30.9. The van der Waals surface area contributed by atoms with Crippen molar-refractivity contribution in [1.82, 2.24) is 14.9 Å². The van der Waals surface area contributed by atoms with E-state index < -0.39 is 45.5 Å². The summed E-state index contributed by atoms with van der Waals surface area (Å²) in [6, 6.07) is 5.84. The third-order valence-electron chi connectivity index (χ3n) is 7.54. The van der Waals surface area contributed by atoms with E-state index in [1.54, 1.807) is 31.7 Å². The van der Waals surface area contributed by atoms with Gasteiger partial charge in [0.1, 0.15) is 17.1 Å². The Bertz CT molecular complexity index is 1440. The van der Waals surface area contributed by atoms with Crippen LogP contribution in [0.3, 0.4) is 0 Å². The number of nitro groups is 1. The van der Waals surface area contributed by atoms with E-state index >= 15 is 0 Å². The van der Waals surface area contributed by atoms with Gasteiger partial charge >= 0.3 is 17.7 Å². The summed E-state index contributed by atoms with van der Waals surface area (Å²) >= 11 is 6.31. The third kappa shape index (κ3) is 6.09. The molecule has 1 aliphatic carbocycles. The number of carbonyl (C=O) groups is 2. The number of amides is 1. The third-order valence-corrected chi connectivity index (χ3v) is 7.71. The number of fused-ring (bicyclic) bond motifs is 1. The summed E-state index contributed by atoms with van der Waals surface area (Å²) in [7, 11) is 1.21. The summed E-state index contributed by atoms with van der Waals surface area (Å²) in [5.74, 6) is -1.24. The number of halogens is 2. The molecule has 1 unspecified atom stereocenters. The second-order valence-electron chi connectivity index (χ2n) is 11.4. The van der Waals surface area contributed by atoms with Gasteiger partial charge in [-0.3, -0.25) is 14.9 Å². The molecule has 0 saturated carbocycles. The molecule has 1 aromatic heterocycles. The SMILES string of the molecule is COC(=O)C1(Cc2nc(Cl)nc(N3CCN(C(=O)OC(C)(C)C)[C@@H](CC#N)C3)c2[N+](=O)[O-])CCCc2c(F)cccc21. The van der Waals surface area contributed by atoms with Crippen molar-refractivity contribution in [2.24, 2.45) is 0 Å². The average Bonchev–Trinajstić information content (AvgIpc) is 2.91. The molecule has 0 spiro atoms. The first-order valence-corrected chi connectivity index (χ1v) is 13.9. The highest BCUT2D eigenvalue weighted by atomic mass is 35.5. The van der Waals surface area contributed by atoms with Crippen LogP contribution in [-0.2, 0) is 32.5 Å². The molecule has 14 heteroatoms. The maximum absolute atomic E-state index is 14.8. The summed E-state index contributed by atoms with van der Waals surface area (Å²) in [4.78, 5) is 49.5. The first-order chi connectivity index (χ1) is 19.8. The van der Waals surface area contributed by atoms with Crippen molar-refractivity contribution in [3.05, 3.63) is 56.2 Å². The zero-order valence-electron chi connectivity index (χ0n) is 23.9. The Hall–Kier alpha value is -4.05. The van der Waals surface area contributed by atoms with Crippen molar-refractivity contribution in [2.75, 3.05) is 31.6 Å². The maximum atomic E-state index is 14.8. The van der Waals surface area contributed by atoms with Crippen LogP contribution in [0, 0.1) is 27.3 Å². The van der Waals surface area contributed by atoms with E-state index in [1.807, 2.05) is 0 Å². The van der Waals surface area contributed by atoms with Gasteiger partial charge in [0.05, 0.1) is 36.0 Å². The Kier molecular flexibility index (Phi) is 8.87. The number of hydrogen-bond acceptors (Lipinski definition) is 10. The number of hydrogen-bond donors (Lipinski definition) is 0. The predicted molar refractivity (Wildman–Crippen MR) is 150 cm³/mol. The normalized spacial score (nSPS) is 20.4. The number of esters is 1. The topological polar surface area (TPSA) is 152 Å². The second kappa shape index (κ2) is 12.1. The number of methoxy groups -OCH3 is 1. The van der Waals surface area contributed by atoms with Crippen molar-refractivity contribution >= 4 is 35.2 Å². The van der Waals surface area contributed by atoms with Crippen LogP contribution in [0.1, 0.15) is 56.9 Å². The predicted octanol–water partition coefficient (Wildman–Crippen LogP) is 4.51. The lowest BCUT2D eigenvalue weighted by Crippen LogP contribution is -2.56. The minimum absolute atomic E-state index is 0.0383. The summed E-state index contributed by atoms with van der Waals surface area (Å²) < 4.78 is 25.4. The number of rotatable bonds is 6. The molecular formula is C28H32ClFN6O6. The van der Waals surface area contributed by atoms with Gasteiger partial charge in [-0.05, 0) is 68.8 Å². The van der Waals surface area contributed by atoms with E-state index in [-0.39, 0.29) is 55.7 Å². The van der Waals surface area contributed by atoms with Gasteiger partial charge in [0.15, 0.2) is 0 Å². The molecule has 0 N–H and O–H groups in total. The molecule has 1 amide bonds. The second-order valence-corrected chi connectivity index (χ2v) is 11.7. The average molecular weight is 603 g/mol. The Labute approximate surface area is 247 Å². The molecule has 2 aromatic rings. The monoisotopic (exact) mass is 602 g/mol. The molecule has 2 heterocycles. The number of nitrogens with zero attached hydrogens (tertiary/aromatic N) is 6. The Morgan fingerprint density at radius 2 is 2.05 bits per heavy atom. The molecule has 1 saturated heterocycles. The summed E-state index contributed by atoms with van der Waals surface area (Å²) in [5, 5.41) is 21.7. The summed E-state index contributed by atoms with van der Waals surface area (Å²) in [5.41, 5.74) is -2.02. The number of nitriles is 1. The number of piperazine rings is 1. The lowest BCUT2D eigenvalue weighted by molar-refractivity contribution is -0.385. The van der Waals surface area contributed by atoms with Crippen molar-refractivity contribution in [3.8, 4) is 6.07 Å². The maximum Gasteiger partial charge on any atom is 0.410 e. The number of aromatic nitrogens is 2. The van der Waals surface area contributed by atoms with Crippen LogP contribution in [0.4, 0.5) is 20.7 Å². The quantitative estimate of drug-likeness (QED) is 0.200. The molecule has 12 nitrogen and oxygen atoms in total. The molecule has 224 valence electrons. The minimum atomic E-state index is -1.44. The van der Waals surface area contributed by atoms with Gasteiger partial charge in [-0.1, -0.05) is 12.1 Å². The molecule has 2 aliphatic rings. The highest BCUT2D eigenvalue weighted by molar-refractivity contribution is 6.28. The first-order valence-electron chi connectivity index (χ1n) is 13.5. The van der Waals surface area contributed by atoms with Crippen molar-refractivity contribution in [3.63, 3.8) is 0 Å². The highest BCUT2D eigenvalue weighted by Gasteiger charge is 2.48. The van der Waals surface area contributed by atoms with Gasteiger partial charge < -0.3 is 19.3 Å². The molecule has 1 aromatic carbocycles. The van der Waals surface area contributed by atoms with E-state index in [2.05, 4.69) is 16.0 Å². The van der Waals surface area contributed by atoms with Crippen LogP contribution in [0.2, 0.25) is 5.28 Å². The number of anilines is 1. The van der Waals surface area contributed by atoms with E-state index in [0.717, 1.165) is 0 Å². The fourth-order valence-electron chi connectivity index (χ4n) is 5.79. The van der Waals surface area contributed by atoms with Crippen LogP contribution >= 0.6 is 11.6 Å². The zero-order valence-corrected chi connectivity index (χ0v) is 24.6. The van der Waals surface area contributed by atoms with Crippen LogP contribution < -0.4 is 4.90 Å². The summed E-state index contributed by atoms with van der Waals surface area (Å²) in [6.45, 7) is 5.47. The lowest BCUT2D eigenvalue weighted by atomic mass is 9.67. The fraction of sp³-hybridized carbons (Fsp3) is 0.536. The van der Waals surface area contributed by atoms with Gasteiger partial charge in [0, 0.05) is 26.1 Å². The zero-order chi connectivity index (χ0) is 30.8. The van der Waals surface area contributed by atoms with E-state index in [9.17, 15) is 29.4 Å². The van der Waals surface area contributed by atoms with Crippen molar-refractivity contribution in [1.29, 1.82) is 5.26 Å². The number of benzene rings is 1. The van der Waals surface area contributed by atoms with Crippen molar-refractivity contribution < 1.29 is 28.4 Å². The van der Waals surface area contributed by atoms with Gasteiger partial charge in [0.2, 0.25) is 11.1 Å². The highest BCUT2D eigenvalue weighted by Crippen LogP contribution is 2.44. The lowest BCUT2D eigenvalue weighted by Gasteiger charge is -2.41. The standard InChI is InChI=1S/C28H32ClFN6O6/c1-27(2,3)42-26(38)35-14-13-34(16-17(35)10-12-31)23-22(36(39)40)21(32-25(29)33-23)15-28(24(37)41-4)11-6-7-18-19(28)8-5-9-20(18)30/h5,8-9,17H,6-7,10-11,13-16H2,1-4H3/t17-,28?/m0/s1. The molecule has 1 aliphatic heterocycles. The van der Waals surface area contributed by atoms with Crippen LogP contribution in [0.5, 0.6) is 0 Å². The van der Waals surface area contributed by atoms with Crippen LogP contribution in [-0.4, -0.2) is 70.2 Å². The molecular weight excluding hydrogens is 571 g/mol. The molecule has 2 atom stereocenters. The molecule has 0 radical (unpaired) electrons. The van der Waals surface area contributed by atoms with E-state index in [1.165, 1.54) is 24.1 Å². The van der Waals surface area contributed by atoms with Crippen LogP contribution in [0.15, 0.2) is 18.2 Å². The molecule has 1 fully saturated rings. The van der Waals surface area contributed by atoms with Gasteiger partial charge in [-0.15, -0.1) is 0 Å². The smallest absolute Gasteiger partial charge is 0.410 e. The Morgan fingerprint density at radius 3 is 2.69 bits per heavy atom. The molecule has 4 rings (SSSR count). The number of carbonyl (C=O) groups excluding carboxylic acids is 2. The van der Waals surface area contributed by atoms with Gasteiger partial charge in [0.25, 0.3) is 0 Å². The fourth-order valence-corrected chi connectivity index (χ4v) is 5.97. The van der Waals surface area contributed by atoms with Gasteiger partial charge in [-0.25, -0.2) is 14.2 Å². The Morgan fingerprint density at radius 1 is 1.31 bits per heavy atom. The largest absolute Gasteiger partial charge is 0.468 e. The van der Waals surface area contributed by atoms with Crippen molar-refractivity contribution in [2.45, 2.75) is 69.9 Å². The van der Waals surface area contributed by atoms with Crippen LogP contribution in [0.25, 0.3) is 0 Å². The minimum Gasteiger partial charge on any atom is -0.468 e. The molecule has 42 heavy (non-hydrogen) atoms. The Balaban J connectivity index is 1.77. The van der Waals surface area contributed by atoms with E-state index in [0.29, 0.717) is 24.0 Å². The van der Waals surface area contributed by atoms with E-state index in [4.69, 9.17) is 21.1 Å².